The third-order valence-electron chi connectivity index (χ3n) is 3.57. The first-order chi connectivity index (χ1) is 11.6. The smallest absolute Gasteiger partial charge is 0.265 e. The second-order valence-electron chi connectivity index (χ2n) is 5.51. The average Bonchev–Trinajstić information content (AvgIpc) is 2.97. The van der Waals surface area contributed by atoms with E-state index in [0.717, 1.165) is 16.9 Å². The minimum atomic E-state index is -0.650. The number of para-hydroxylation sites is 2. The van der Waals surface area contributed by atoms with Crippen LogP contribution < -0.4 is 10.1 Å². The maximum Gasteiger partial charge on any atom is 0.265 e. The van der Waals surface area contributed by atoms with Gasteiger partial charge in [-0.15, -0.1) is 5.10 Å². The summed E-state index contributed by atoms with van der Waals surface area (Å²) < 4.78 is 7.48. The van der Waals surface area contributed by atoms with Crippen LogP contribution in [0.5, 0.6) is 5.88 Å². The lowest BCUT2D eigenvalue weighted by Gasteiger charge is -2.13. The van der Waals surface area contributed by atoms with Gasteiger partial charge in [0, 0.05) is 17.4 Å². The fourth-order valence-corrected chi connectivity index (χ4v) is 2.26. The van der Waals surface area contributed by atoms with Gasteiger partial charge >= 0.3 is 0 Å². The number of hydrogen-bond donors (Lipinski definition) is 1. The van der Waals surface area contributed by atoms with Crippen LogP contribution in [0.3, 0.4) is 0 Å². The van der Waals surface area contributed by atoms with Crippen LogP contribution in [0.25, 0.3) is 5.69 Å². The zero-order valence-corrected chi connectivity index (χ0v) is 13.6. The van der Waals surface area contributed by atoms with E-state index in [4.69, 9.17) is 4.74 Å². The highest BCUT2D eigenvalue weighted by atomic mass is 16.5. The van der Waals surface area contributed by atoms with Crippen LogP contribution in [0.2, 0.25) is 0 Å². The predicted molar refractivity (Wildman–Crippen MR) is 93.5 cm³/mol. The van der Waals surface area contributed by atoms with Crippen molar-refractivity contribution in [2.24, 2.45) is 0 Å². The number of carbonyl (C=O) groups excluding carboxylic acids is 1. The Morgan fingerprint density at radius 3 is 2.38 bits per heavy atom. The Bertz CT molecular complexity index is 813. The molecule has 122 valence electrons. The number of anilines is 1. The summed E-state index contributed by atoms with van der Waals surface area (Å²) in [5, 5.41) is 7.25. The van der Waals surface area contributed by atoms with Crippen molar-refractivity contribution in [2.45, 2.75) is 20.0 Å². The van der Waals surface area contributed by atoms with Crippen molar-refractivity contribution in [3.8, 4) is 11.6 Å². The SMILES string of the molecule is Cc1cn(-c2ccccc2)nc1OC(C)C(=O)Nc1ccccc1. The van der Waals surface area contributed by atoms with Crippen LogP contribution in [0.1, 0.15) is 12.5 Å². The highest BCUT2D eigenvalue weighted by molar-refractivity contribution is 5.94. The molecule has 1 heterocycles. The number of benzene rings is 2. The first kappa shape index (κ1) is 15.8. The van der Waals surface area contributed by atoms with E-state index in [0.29, 0.717) is 5.88 Å². The third kappa shape index (κ3) is 3.63. The summed E-state index contributed by atoms with van der Waals surface area (Å²) in [4.78, 5) is 12.2. The number of ether oxygens (including phenoxy) is 1. The van der Waals surface area contributed by atoms with Gasteiger partial charge < -0.3 is 10.1 Å². The van der Waals surface area contributed by atoms with Gasteiger partial charge in [-0.05, 0) is 38.1 Å². The molecule has 0 bridgehead atoms. The van der Waals surface area contributed by atoms with Crippen molar-refractivity contribution in [1.82, 2.24) is 9.78 Å². The average molecular weight is 321 g/mol. The van der Waals surface area contributed by atoms with Gasteiger partial charge in [-0.1, -0.05) is 36.4 Å². The number of nitrogens with zero attached hydrogens (tertiary/aromatic N) is 2. The molecule has 24 heavy (non-hydrogen) atoms. The number of amides is 1. The van der Waals surface area contributed by atoms with Crippen molar-refractivity contribution in [3.63, 3.8) is 0 Å². The first-order valence-corrected chi connectivity index (χ1v) is 7.78. The normalized spacial score (nSPS) is 11.8. The van der Waals surface area contributed by atoms with Gasteiger partial charge in [-0.25, -0.2) is 4.68 Å². The lowest BCUT2D eigenvalue weighted by Crippen LogP contribution is -2.30. The van der Waals surface area contributed by atoms with E-state index in [1.165, 1.54) is 0 Å². The highest BCUT2D eigenvalue weighted by Gasteiger charge is 2.18. The largest absolute Gasteiger partial charge is 0.463 e. The molecule has 0 spiro atoms. The van der Waals surface area contributed by atoms with Crippen LogP contribution in [0, 0.1) is 6.92 Å². The number of rotatable bonds is 5. The Balaban J connectivity index is 1.69. The zero-order chi connectivity index (χ0) is 16.9. The van der Waals surface area contributed by atoms with Gasteiger partial charge in [-0.2, -0.15) is 0 Å². The van der Waals surface area contributed by atoms with Crippen LogP contribution in [-0.2, 0) is 4.79 Å². The summed E-state index contributed by atoms with van der Waals surface area (Å²) in [6, 6.07) is 19.1. The first-order valence-electron chi connectivity index (χ1n) is 7.78. The summed E-state index contributed by atoms with van der Waals surface area (Å²) in [6.07, 6.45) is 1.23. The van der Waals surface area contributed by atoms with Gasteiger partial charge in [-0.3, -0.25) is 4.79 Å². The molecule has 3 aromatic rings. The van der Waals surface area contributed by atoms with E-state index in [9.17, 15) is 4.79 Å². The lowest BCUT2D eigenvalue weighted by atomic mass is 10.3. The van der Waals surface area contributed by atoms with Crippen molar-refractivity contribution in [2.75, 3.05) is 5.32 Å². The van der Waals surface area contributed by atoms with Crippen molar-refractivity contribution in [3.05, 3.63) is 72.4 Å². The molecule has 1 amide bonds. The predicted octanol–water partition coefficient (Wildman–Crippen LogP) is 3.59. The van der Waals surface area contributed by atoms with Crippen molar-refractivity contribution >= 4 is 11.6 Å². The Morgan fingerprint density at radius 1 is 1.08 bits per heavy atom. The molecule has 0 aliphatic heterocycles. The molecule has 2 aromatic carbocycles. The summed E-state index contributed by atoms with van der Waals surface area (Å²) in [7, 11) is 0. The fourth-order valence-electron chi connectivity index (χ4n) is 2.26. The summed E-state index contributed by atoms with van der Waals surface area (Å²) in [5.41, 5.74) is 2.56. The molecular weight excluding hydrogens is 302 g/mol. The van der Waals surface area contributed by atoms with Crippen LogP contribution in [0.4, 0.5) is 5.69 Å². The Kier molecular flexibility index (Phi) is 4.61. The van der Waals surface area contributed by atoms with Crippen molar-refractivity contribution in [1.29, 1.82) is 0 Å². The molecular formula is C19H19N3O2. The molecule has 3 rings (SSSR count). The molecule has 0 saturated carbocycles. The van der Waals surface area contributed by atoms with E-state index >= 15 is 0 Å². The minimum absolute atomic E-state index is 0.213. The quantitative estimate of drug-likeness (QED) is 0.781. The number of hydrogen-bond acceptors (Lipinski definition) is 3. The lowest BCUT2D eigenvalue weighted by molar-refractivity contribution is -0.122. The van der Waals surface area contributed by atoms with Gasteiger partial charge in [0.25, 0.3) is 5.91 Å². The second kappa shape index (κ2) is 7.00. The van der Waals surface area contributed by atoms with Gasteiger partial charge in [0.05, 0.1) is 5.69 Å². The van der Waals surface area contributed by atoms with Crippen LogP contribution >= 0.6 is 0 Å². The molecule has 0 fully saturated rings. The Morgan fingerprint density at radius 2 is 1.71 bits per heavy atom. The maximum absolute atomic E-state index is 12.2. The molecule has 1 aromatic heterocycles. The summed E-state index contributed by atoms with van der Waals surface area (Å²) in [6.45, 7) is 3.61. The molecule has 0 aliphatic carbocycles. The topological polar surface area (TPSA) is 56.2 Å². The van der Waals surface area contributed by atoms with E-state index in [1.54, 1.807) is 11.6 Å². The molecule has 1 atom stereocenters. The standard InChI is InChI=1S/C19H19N3O2/c1-14-13-22(17-11-7-4-8-12-17)21-19(14)24-15(2)18(23)20-16-9-5-3-6-10-16/h3-13,15H,1-2H3,(H,20,23). The Labute approximate surface area is 140 Å². The van der Waals surface area contributed by atoms with E-state index < -0.39 is 6.10 Å². The highest BCUT2D eigenvalue weighted by Crippen LogP contribution is 2.19. The van der Waals surface area contributed by atoms with Crippen molar-refractivity contribution < 1.29 is 9.53 Å². The molecule has 1 unspecified atom stereocenters. The zero-order valence-electron chi connectivity index (χ0n) is 13.6. The monoisotopic (exact) mass is 321 g/mol. The van der Waals surface area contributed by atoms with E-state index in [1.807, 2.05) is 73.8 Å². The maximum atomic E-state index is 12.2. The van der Waals surface area contributed by atoms with Crippen LogP contribution in [0.15, 0.2) is 66.9 Å². The molecule has 5 nitrogen and oxygen atoms in total. The van der Waals surface area contributed by atoms with E-state index in [-0.39, 0.29) is 5.91 Å². The van der Waals surface area contributed by atoms with Gasteiger partial charge in [0.15, 0.2) is 6.10 Å². The fraction of sp³-hybridized carbons (Fsp3) is 0.158. The number of aromatic nitrogens is 2. The van der Waals surface area contributed by atoms with Gasteiger partial charge in [0.2, 0.25) is 5.88 Å². The number of carbonyl (C=O) groups is 1. The number of nitrogens with one attached hydrogen (secondary N) is 1. The molecule has 0 saturated heterocycles. The molecule has 1 N–H and O–H groups in total. The summed E-state index contributed by atoms with van der Waals surface area (Å²) in [5.74, 6) is 0.240. The Hall–Kier alpha value is -3.08. The second-order valence-corrected chi connectivity index (χ2v) is 5.51. The number of aryl methyl sites for hydroxylation is 1. The third-order valence-corrected chi connectivity index (χ3v) is 3.57. The molecule has 0 aliphatic rings. The summed E-state index contributed by atoms with van der Waals surface area (Å²) >= 11 is 0. The van der Waals surface area contributed by atoms with Crippen LogP contribution in [-0.4, -0.2) is 21.8 Å². The minimum Gasteiger partial charge on any atom is -0.463 e. The van der Waals surface area contributed by atoms with E-state index in [2.05, 4.69) is 10.4 Å². The van der Waals surface area contributed by atoms with Gasteiger partial charge in [0.1, 0.15) is 0 Å². The molecule has 0 radical (unpaired) electrons. The molecule has 5 heteroatoms.